The van der Waals surface area contributed by atoms with E-state index >= 15 is 0 Å². The molecule has 0 amide bonds. The zero-order valence-electron chi connectivity index (χ0n) is 14.6. The predicted molar refractivity (Wildman–Crippen MR) is 103 cm³/mol. The van der Waals surface area contributed by atoms with Gasteiger partial charge in [0.1, 0.15) is 16.7 Å². The van der Waals surface area contributed by atoms with Crippen LogP contribution in [0.1, 0.15) is 17.2 Å². The highest BCUT2D eigenvalue weighted by Crippen LogP contribution is 2.53. The number of ether oxygens (including phenoxy) is 1. The number of rotatable bonds is 8. The third-order valence-corrected chi connectivity index (χ3v) is 7.40. The lowest BCUT2D eigenvalue weighted by Gasteiger charge is -2.26. The molecular formula is C17H21ClNO5PS. The van der Waals surface area contributed by atoms with Gasteiger partial charge in [0.25, 0.3) is 0 Å². The molecular weight excluding hydrogens is 397 g/mol. The zero-order chi connectivity index (χ0) is 19.3. The first kappa shape index (κ1) is 21.1. The van der Waals surface area contributed by atoms with E-state index in [0.29, 0.717) is 16.2 Å². The molecule has 2 aromatic carbocycles. The van der Waals surface area contributed by atoms with Crippen LogP contribution < -0.4 is 9.46 Å². The second-order valence-electron chi connectivity index (χ2n) is 5.57. The van der Waals surface area contributed by atoms with Crippen molar-refractivity contribution in [1.82, 2.24) is 4.72 Å². The van der Waals surface area contributed by atoms with Crippen molar-refractivity contribution in [3.63, 3.8) is 0 Å². The lowest BCUT2D eigenvalue weighted by molar-refractivity contribution is 0.307. The first-order chi connectivity index (χ1) is 12.3. The van der Waals surface area contributed by atoms with Gasteiger partial charge in [0.2, 0.25) is 0 Å². The fourth-order valence-electron chi connectivity index (χ4n) is 2.23. The van der Waals surface area contributed by atoms with Crippen molar-refractivity contribution in [2.45, 2.75) is 23.0 Å². The Labute approximate surface area is 160 Å². The zero-order valence-corrected chi connectivity index (χ0v) is 17.1. The molecule has 0 saturated heterocycles. The van der Waals surface area contributed by atoms with E-state index in [2.05, 4.69) is 9.25 Å². The number of aryl methyl sites for hydroxylation is 1. The van der Waals surface area contributed by atoms with Crippen LogP contribution in [0.5, 0.6) is 5.75 Å². The van der Waals surface area contributed by atoms with Crippen LogP contribution in [0.15, 0.2) is 53.4 Å². The fourth-order valence-corrected chi connectivity index (χ4v) is 4.70. The molecule has 0 aliphatic rings. The van der Waals surface area contributed by atoms with Crippen molar-refractivity contribution in [3.05, 3.63) is 59.7 Å². The van der Waals surface area contributed by atoms with Crippen LogP contribution in [0.2, 0.25) is 0 Å². The number of benzene rings is 2. The Kier molecular flexibility index (Phi) is 7.41. The standard InChI is InChI=1S/C17H21ClNO5PS/c1-12-4-10-15(11-5-12)26(22)19-16(17(18)25(20,21)24-3)13-6-8-14(23-2)9-7-13/h4-11,16-17,19H,1-3H3,(H,20,21)/t16-,17-,26+/m1/s1. The van der Waals surface area contributed by atoms with Gasteiger partial charge in [0.15, 0.2) is 5.12 Å². The van der Waals surface area contributed by atoms with E-state index in [1.165, 1.54) is 7.11 Å². The van der Waals surface area contributed by atoms with Crippen LogP contribution in [-0.4, -0.2) is 28.4 Å². The number of halogens is 1. The second-order valence-corrected chi connectivity index (χ2v) is 9.64. The summed E-state index contributed by atoms with van der Waals surface area (Å²) in [6, 6.07) is 13.0. The van der Waals surface area contributed by atoms with Gasteiger partial charge in [0.05, 0.1) is 18.0 Å². The number of hydrogen-bond donors (Lipinski definition) is 2. The predicted octanol–water partition coefficient (Wildman–Crippen LogP) is 3.75. The Balaban J connectivity index is 2.34. The number of methoxy groups -OCH3 is 1. The minimum absolute atomic E-state index is 0.531. The summed E-state index contributed by atoms with van der Waals surface area (Å²) in [6.07, 6.45) is 0. The quantitative estimate of drug-likeness (QED) is 0.504. The van der Waals surface area contributed by atoms with E-state index in [9.17, 15) is 13.7 Å². The van der Waals surface area contributed by atoms with Gasteiger partial charge in [0, 0.05) is 7.11 Å². The molecule has 1 unspecified atom stereocenters. The Morgan fingerprint density at radius 1 is 1.12 bits per heavy atom. The summed E-state index contributed by atoms with van der Waals surface area (Å²) in [5.74, 6) is 0.622. The van der Waals surface area contributed by atoms with Crippen LogP contribution in [0.25, 0.3) is 0 Å². The van der Waals surface area contributed by atoms with Gasteiger partial charge in [-0.15, -0.1) is 11.6 Å². The average molecular weight is 418 g/mol. The first-order valence-corrected chi connectivity index (χ1v) is 10.9. The molecule has 0 saturated carbocycles. The Bertz CT molecular complexity index is 800. The average Bonchev–Trinajstić information content (AvgIpc) is 2.66. The number of nitrogens with one attached hydrogen (secondary N) is 1. The molecule has 2 N–H and O–H groups in total. The normalized spacial score (nSPS) is 17.1. The summed E-state index contributed by atoms with van der Waals surface area (Å²) in [4.78, 5) is 10.5. The van der Waals surface area contributed by atoms with E-state index in [4.69, 9.17) is 16.3 Å². The molecule has 0 aliphatic heterocycles. The van der Waals surface area contributed by atoms with E-state index < -0.39 is 29.7 Å². The largest absolute Gasteiger partial charge is 0.497 e. The van der Waals surface area contributed by atoms with E-state index in [1.54, 1.807) is 36.4 Å². The Hall–Kier alpha value is -1.21. The van der Waals surface area contributed by atoms with Gasteiger partial charge in [-0.1, -0.05) is 29.8 Å². The highest BCUT2D eigenvalue weighted by Gasteiger charge is 2.38. The summed E-state index contributed by atoms with van der Waals surface area (Å²) in [5, 5.41) is -1.34. The molecule has 6 nitrogen and oxygen atoms in total. The summed E-state index contributed by atoms with van der Waals surface area (Å²) in [7, 11) is -3.12. The maximum atomic E-state index is 12.7. The van der Waals surface area contributed by atoms with Crippen LogP contribution >= 0.6 is 19.2 Å². The van der Waals surface area contributed by atoms with E-state index in [-0.39, 0.29) is 0 Å². The molecule has 0 bridgehead atoms. The van der Waals surface area contributed by atoms with Crippen molar-refractivity contribution >= 4 is 30.2 Å². The minimum atomic E-state index is -4.12. The molecule has 0 heterocycles. The summed E-state index contributed by atoms with van der Waals surface area (Å²) in [6.45, 7) is 1.93. The summed E-state index contributed by atoms with van der Waals surface area (Å²) in [5.41, 5.74) is 1.62. The lowest BCUT2D eigenvalue weighted by atomic mass is 10.1. The van der Waals surface area contributed by atoms with E-state index in [0.717, 1.165) is 12.7 Å². The maximum Gasteiger partial charge on any atom is 0.347 e. The van der Waals surface area contributed by atoms with Crippen molar-refractivity contribution in [1.29, 1.82) is 0 Å². The fraction of sp³-hybridized carbons (Fsp3) is 0.294. The highest BCUT2D eigenvalue weighted by molar-refractivity contribution is 7.83. The van der Waals surface area contributed by atoms with Gasteiger partial charge < -0.3 is 14.2 Å². The topological polar surface area (TPSA) is 84.9 Å². The molecule has 4 atom stereocenters. The van der Waals surface area contributed by atoms with Crippen LogP contribution in [0.4, 0.5) is 0 Å². The Morgan fingerprint density at radius 2 is 1.69 bits per heavy atom. The smallest absolute Gasteiger partial charge is 0.347 e. The number of alkyl halides is 1. The van der Waals surface area contributed by atoms with Crippen molar-refractivity contribution < 1.29 is 22.9 Å². The minimum Gasteiger partial charge on any atom is -0.497 e. The van der Waals surface area contributed by atoms with Crippen molar-refractivity contribution in [2.75, 3.05) is 14.2 Å². The number of hydrogen-bond acceptors (Lipinski definition) is 4. The highest BCUT2D eigenvalue weighted by atomic mass is 35.5. The van der Waals surface area contributed by atoms with E-state index in [1.807, 2.05) is 19.1 Å². The van der Waals surface area contributed by atoms with Crippen molar-refractivity contribution in [3.8, 4) is 5.75 Å². The molecule has 9 heteroatoms. The lowest BCUT2D eigenvalue weighted by Crippen LogP contribution is -2.31. The molecule has 0 aromatic heterocycles. The molecule has 0 radical (unpaired) electrons. The van der Waals surface area contributed by atoms with Gasteiger partial charge in [-0.25, -0.2) is 8.93 Å². The SMILES string of the molecule is COc1ccc([C@@H](N[S@@](=O)c2ccc(C)cc2)[C@H](Cl)P(=O)(O)OC)cc1. The Morgan fingerprint density at radius 3 is 2.19 bits per heavy atom. The van der Waals surface area contributed by atoms with Gasteiger partial charge in [-0.3, -0.25) is 4.57 Å². The first-order valence-electron chi connectivity index (χ1n) is 7.69. The summed E-state index contributed by atoms with van der Waals surface area (Å²) < 4.78 is 37.5. The van der Waals surface area contributed by atoms with Gasteiger partial charge in [-0.05, 0) is 36.8 Å². The maximum absolute atomic E-state index is 12.7. The second kappa shape index (κ2) is 9.13. The summed E-state index contributed by atoms with van der Waals surface area (Å²) >= 11 is 6.24. The third kappa shape index (κ3) is 5.16. The van der Waals surface area contributed by atoms with Gasteiger partial charge in [-0.2, -0.15) is 0 Å². The van der Waals surface area contributed by atoms with Crippen LogP contribution in [0.3, 0.4) is 0 Å². The van der Waals surface area contributed by atoms with Gasteiger partial charge >= 0.3 is 7.60 Å². The molecule has 0 aliphatic carbocycles. The molecule has 142 valence electrons. The molecule has 0 fully saturated rings. The molecule has 2 rings (SSSR count). The molecule has 0 spiro atoms. The van der Waals surface area contributed by atoms with Crippen molar-refractivity contribution in [2.24, 2.45) is 0 Å². The molecule has 2 aromatic rings. The van der Waals surface area contributed by atoms with Crippen LogP contribution in [-0.2, 0) is 20.1 Å². The van der Waals surface area contributed by atoms with Crippen LogP contribution in [0, 0.1) is 6.92 Å². The monoisotopic (exact) mass is 417 g/mol. The molecule has 26 heavy (non-hydrogen) atoms. The third-order valence-electron chi connectivity index (χ3n) is 3.79.